The molecule has 0 saturated heterocycles. The van der Waals surface area contributed by atoms with E-state index in [-0.39, 0.29) is 11.8 Å². The van der Waals surface area contributed by atoms with Crippen molar-refractivity contribution in [3.8, 4) is 0 Å². The zero-order valence-corrected chi connectivity index (χ0v) is 13.0. The average molecular weight is 315 g/mol. The molecule has 114 valence electrons. The van der Waals surface area contributed by atoms with Gasteiger partial charge in [-0.25, -0.2) is 5.43 Å². The Labute approximate surface area is 133 Å². The first-order valence-electron chi connectivity index (χ1n) is 6.96. The van der Waals surface area contributed by atoms with Gasteiger partial charge in [0.25, 0.3) is 5.91 Å². The Hall–Kier alpha value is -2.47. The van der Waals surface area contributed by atoms with E-state index in [1.165, 1.54) is 0 Å². The van der Waals surface area contributed by atoms with Gasteiger partial charge in [0.05, 0.1) is 6.21 Å². The molecule has 1 aromatic heterocycles. The van der Waals surface area contributed by atoms with Gasteiger partial charge in [-0.05, 0) is 42.1 Å². The number of nitrogens with zero attached hydrogens (tertiary/aromatic N) is 1. The molecule has 0 aliphatic carbocycles. The van der Waals surface area contributed by atoms with Crippen LogP contribution in [0.15, 0.2) is 46.9 Å². The normalized spacial score (nSPS) is 10.6. The molecule has 0 radical (unpaired) electrons. The molecule has 0 unspecified atom stereocenters. The van der Waals surface area contributed by atoms with Gasteiger partial charge in [-0.15, -0.1) is 11.3 Å². The third-order valence-electron chi connectivity index (χ3n) is 2.81. The molecule has 0 spiro atoms. The largest absolute Gasteiger partial charge is 0.326 e. The molecule has 22 heavy (non-hydrogen) atoms. The maximum Gasteiger partial charge on any atom is 0.271 e. The Morgan fingerprint density at radius 2 is 2.00 bits per heavy atom. The van der Waals surface area contributed by atoms with E-state index in [9.17, 15) is 9.59 Å². The highest BCUT2D eigenvalue weighted by Gasteiger charge is 2.05. The number of thiophene rings is 1. The number of hydrazone groups is 1. The Morgan fingerprint density at radius 3 is 2.64 bits per heavy atom. The van der Waals surface area contributed by atoms with Crippen LogP contribution in [0.3, 0.4) is 0 Å². The van der Waals surface area contributed by atoms with Crippen molar-refractivity contribution in [2.24, 2.45) is 5.10 Å². The highest BCUT2D eigenvalue weighted by Crippen LogP contribution is 2.10. The molecule has 5 nitrogen and oxygen atoms in total. The summed E-state index contributed by atoms with van der Waals surface area (Å²) in [6, 6.07) is 10.5. The highest BCUT2D eigenvalue weighted by molar-refractivity contribution is 7.11. The van der Waals surface area contributed by atoms with Crippen LogP contribution in [0, 0.1) is 0 Å². The number of carbonyl (C=O) groups excluding carboxylic acids is 2. The fourth-order valence-corrected chi connectivity index (χ4v) is 2.32. The lowest BCUT2D eigenvalue weighted by atomic mass is 10.2. The minimum Gasteiger partial charge on any atom is -0.326 e. The molecule has 0 saturated carbocycles. The summed E-state index contributed by atoms with van der Waals surface area (Å²) >= 11 is 1.54. The fourth-order valence-electron chi connectivity index (χ4n) is 1.74. The average Bonchev–Trinajstić information content (AvgIpc) is 3.01. The predicted octanol–water partition coefficient (Wildman–Crippen LogP) is 3.25. The van der Waals surface area contributed by atoms with Crippen LogP contribution in [-0.2, 0) is 4.79 Å². The van der Waals surface area contributed by atoms with Crippen molar-refractivity contribution in [3.63, 3.8) is 0 Å². The lowest BCUT2D eigenvalue weighted by Gasteiger charge is -2.05. The maximum absolute atomic E-state index is 11.9. The molecule has 0 bridgehead atoms. The van der Waals surface area contributed by atoms with Gasteiger partial charge < -0.3 is 5.32 Å². The van der Waals surface area contributed by atoms with Crippen molar-refractivity contribution in [2.75, 3.05) is 5.32 Å². The molecule has 6 heteroatoms. The third-order valence-corrected chi connectivity index (χ3v) is 3.62. The molecule has 0 atom stereocenters. The minimum atomic E-state index is -0.292. The summed E-state index contributed by atoms with van der Waals surface area (Å²) in [5, 5.41) is 8.61. The smallest absolute Gasteiger partial charge is 0.271 e. The monoisotopic (exact) mass is 315 g/mol. The molecule has 2 N–H and O–H groups in total. The first kappa shape index (κ1) is 15.9. The number of amides is 2. The Morgan fingerprint density at radius 1 is 1.23 bits per heavy atom. The first-order valence-corrected chi connectivity index (χ1v) is 7.84. The van der Waals surface area contributed by atoms with Crippen LogP contribution in [-0.4, -0.2) is 18.0 Å². The van der Waals surface area contributed by atoms with Gasteiger partial charge in [0.15, 0.2) is 0 Å². The molecule has 2 rings (SSSR count). The number of carbonyl (C=O) groups is 2. The number of anilines is 1. The van der Waals surface area contributed by atoms with Crippen LogP contribution in [0.2, 0.25) is 0 Å². The quantitative estimate of drug-likeness (QED) is 0.634. The maximum atomic E-state index is 11.9. The van der Waals surface area contributed by atoms with E-state index >= 15 is 0 Å². The Bertz CT molecular complexity index is 649. The van der Waals surface area contributed by atoms with E-state index in [4.69, 9.17) is 0 Å². The zero-order valence-electron chi connectivity index (χ0n) is 12.2. The Balaban J connectivity index is 1.89. The number of benzene rings is 1. The molecule has 1 heterocycles. The molecule has 0 fully saturated rings. The van der Waals surface area contributed by atoms with E-state index in [0.717, 1.165) is 11.3 Å². The lowest BCUT2D eigenvalue weighted by Crippen LogP contribution is -2.17. The summed E-state index contributed by atoms with van der Waals surface area (Å²) < 4.78 is 0. The van der Waals surface area contributed by atoms with E-state index in [1.54, 1.807) is 41.8 Å². The van der Waals surface area contributed by atoms with E-state index in [2.05, 4.69) is 15.8 Å². The second kappa shape index (κ2) is 8.09. The van der Waals surface area contributed by atoms with Crippen LogP contribution in [0.1, 0.15) is 35.0 Å². The van der Waals surface area contributed by atoms with Gasteiger partial charge in [0.2, 0.25) is 5.91 Å². The topological polar surface area (TPSA) is 70.6 Å². The van der Waals surface area contributed by atoms with Crippen molar-refractivity contribution in [2.45, 2.75) is 19.8 Å². The van der Waals surface area contributed by atoms with Crippen molar-refractivity contribution < 1.29 is 9.59 Å². The predicted molar refractivity (Wildman–Crippen MR) is 89.4 cm³/mol. The SMILES string of the molecule is CCCC(=O)Nc1ccc(C(=O)NN=Cc2cccs2)cc1. The molecule has 2 aromatic rings. The Kier molecular flexibility index (Phi) is 5.85. The second-order valence-electron chi connectivity index (χ2n) is 4.59. The molecular weight excluding hydrogens is 298 g/mol. The van der Waals surface area contributed by atoms with Gasteiger partial charge in [0.1, 0.15) is 0 Å². The van der Waals surface area contributed by atoms with Crippen molar-refractivity contribution in [3.05, 3.63) is 52.2 Å². The standard InChI is InChI=1S/C16H17N3O2S/c1-2-4-15(20)18-13-8-6-12(7-9-13)16(21)19-17-11-14-5-3-10-22-14/h3,5-11H,2,4H2,1H3,(H,18,20)(H,19,21). The summed E-state index contributed by atoms with van der Waals surface area (Å²) in [6.07, 6.45) is 2.89. The minimum absolute atomic E-state index is 0.0275. The van der Waals surface area contributed by atoms with Crippen molar-refractivity contribution in [1.82, 2.24) is 5.43 Å². The summed E-state index contributed by atoms with van der Waals surface area (Å²) in [5.41, 5.74) is 3.63. The lowest BCUT2D eigenvalue weighted by molar-refractivity contribution is -0.116. The van der Waals surface area contributed by atoms with Crippen LogP contribution in [0.5, 0.6) is 0 Å². The third kappa shape index (κ3) is 4.82. The number of hydrogen-bond acceptors (Lipinski definition) is 4. The van der Waals surface area contributed by atoms with Crippen molar-refractivity contribution >= 4 is 35.1 Å². The molecule has 2 amide bonds. The van der Waals surface area contributed by atoms with Crippen LogP contribution in [0.25, 0.3) is 0 Å². The number of rotatable bonds is 6. The van der Waals surface area contributed by atoms with Crippen LogP contribution in [0.4, 0.5) is 5.69 Å². The summed E-state index contributed by atoms with van der Waals surface area (Å²) in [6.45, 7) is 1.95. The van der Waals surface area contributed by atoms with Crippen molar-refractivity contribution in [1.29, 1.82) is 0 Å². The van der Waals surface area contributed by atoms with Crippen LogP contribution < -0.4 is 10.7 Å². The molecule has 0 aliphatic rings. The number of nitrogens with one attached hydrogen (secondary N) is 2. The summed E-state index contributed by atoms with van der Waals surface area (Å²) in [5.74, 6) is -0.320. The highest BCUT2D eigenvalue weighted by atomic mass is 32.1. The summed E-state index contributed by atoms with van der Waals surface area (Å²) in [7, 11) is 0. The van der Waals surface area contributed by atoms with Gasteiger partial charge in [-0.1, -0.05) is 13.0 Å². The molecular formula is C16H17N3O2S. The van der Waals surface area contributed by atoms with E-state index in [0.29, 0.717) is 17.7 Å². The van der Waals surface area contributed by atoms with E-state index < -0.39 is 0 Å². The van der Waals surface area contributed by atoms with Crippen LogP contribution >= 0.6 is 11.3 Å². The van der Waals surface area contributed by atoms with Gasteiger partial charge in [0, 0.05) is 22.5 Å². The molecule has 0 aliphatic heterocycles. The second-order valence-corrected chi connectivity index (χ2v) is 5.57. The first-order chi connectivity index (χ1) is 10.7. The van der Waals surface area contributed by atoms with E-state index in [1.807, 2.05) is 24.4 Å². The van der Waals surface area contributed by atoms with Gasteiger partial charge in [-0.3, -0.25) is 9.59 Å². The fraction of sp³-hybridized carbons (Fsp3) is 0.188. The number of hydrogen-bond donors (Lipinski definition) is 2. The molecule has 1 aromatic carbocycles. The summed E-state index contributed by atoms with van der Waals surface area (Å²) in [4.78, 5) is 24.3. The zero-order chi connectivity index (χ0) is 15.8. The van der Waals surface area contributed by atoms with Gasteiger partial charge in [-0.2, -0.15) is 5.10 Å². The van der Waals surface area contributed by atoms with Gasteiger partial charge >= 0.3 is 0 Å².